The highest BCUT2D eigenvalue weighted by molar-refractivity contribution is 6.15. The van der Waals surface area contributed by atoms with Crippen molar-refractivity contribution in [3.63, 3.8) is 0 Å². The number of benzene rings is 1. The molecular weight excluding hydrogens is 176 g/mol. The monoisotopic (exact) mass is 188 g/mol. The third-order valence-electron chi connectivity index (χ3n) is 2.33. The lowest BCUT2D eigenvalue weighted by molar-refractivity contribution is -0.112. The van der Waals surface area contributed by atoms with Crippen molar-refractivity contribution in [2.75, 3.05) is 13.6 Å². The van der Waals surface area contributed by atoms with Crippen LogP contribution in [0.2, 0.25) is 0 Å². The van der Waals surface area contributed by atoms with E-state index in [0.717, 1.165) is 29.1 Å². The Kier molecular flexibility index (Phi) is 2.41. The maximum atomic E-state index is 11.5. The molecule has 0 aromatic heterocycles. The van der Waals surface area contributed by atoms with Crippen LogP contribution in [0.5, 0.6) is 0 Å². The number of rotatable bonds is 3. The van der Waals surface area contributed by atoms with E-state index in [9.17, 15) is 4.79 Å². The topological polar surface area (TPSA) is 41.5 Å². The van der Waals surface area contributed by atoms with Crippen LogP contribution >= 0.6 is 0 Å². The molecule has 0 fully saturated rings. The zero-order valence-corrected chi connectivity index (χ0v) is 8.08. The fourth-order valence-corrected chi connectivity index (χ4v) is 1.61. The summed E-state index contributed by atoms with van der Waals surface area (Å²) in [5, 5.41) is 4.83. The number of para-hydroxylation sites is 1. The second kappa shape index (κ2) is 3.72. The van der Waals surface area contributed by atoms with Crippen molar-refractivity contribution in [3.8, 4) is 0 Å². The number of carbonyl (C=O) groups is 1. The molecule has 1 aromatic rings. The molecule has 0 unspecified atom stereocenters. The third-order valence-corrected chi connectivity index (χ3v) is 2.33. The van der Waals surface area contributed by atoms with Gasteiger partial charge in [-0.3, -0.25) is 4.79 Å². The van der Waals surface area contributed by atoms with Crippen molar-refractivity contribution >= 4 is 11.5 Å². The number of amides is 1. The van der Waals surface area contributed by atoms with Crippen molar-refractivity contribution in [3.05, 3.63) is 34.8 Å². The van der Waals surface area contributed by atoms with Crippen molar-refractivity contribution in [2.45, 2.75) is 6.42 Å². The van der Waals surface area contributed by atoms with E-state index in [1.165, 1.54) is 0 Å². The van der Waals surface area contributed by atoms with Gasteiger partial charge in [-0.25, -0.2) is 4.99 Å². The molecule has 1 N–H and O–H groups in total. The smallest absolute Gasteiger partial charge is 0.274 e. The molecule has 3 nitrogen and oxygen atoms in total. The Morgan fingerprint density at radius 3 is 2.93 bits per heavy atom. The van der Waals surface area contributed by atoms with Gasteiger partial charge in [0.05, 0.1) is 5.36 Å². The summed E-state index contributed by atoms with van der Waals surface area (Å²) in [6.07, 6.45) is 0.746. The molecule has 1 aromatic carbocycles. The lowest BCUT2D eigenvalue weighted by atomic mass is 10.1. The van der Waals surface area contributed by atoms with Gasteiger partial charge in [-0.1, -0.05) is 18.2 Å². The van der Waals surface area contributed by atoms with Crippen LogP contribution < -0.4 is 15.9 Å². The van der Waals surface area contributed by atoms with Crippen LogP contribution in [0.1, 0.15) is 6.42 Å². The van der Waals surface area contributed by atoms with Gasteiger partial charge in [0.15, 0.2) is 0 Å². The second-order valence-corrected chi connectivity index (χ2v) is 3.27. The Morgan fingerprint density at radius 1 is 1.36 bits per heavy atom. The number of nitrogens with zero attached hydrogens (tertiary/aromatic N) is 1. The van der Waals surface area contributed by atoms with Gasteiger partial charge in [0.2, 0.25) is 0 Å². The minimum absolute atomic E-state index is 0.0820. The number of hydrogen-bond donors (Lipinski definition) is 1. The fraction of sp³-hybridized carbons (Fsp3) is 0.273. The van der Waals surface area contributed by atoms with Crippen LogP contribution in [0.3, 0.4) is 0 Å². The second-order valence-electron chi connectivity index (χ2n) is 3.27. The first kappa shape index (κ1) is 9.09. The molecule has 0 saturated carbocycles. The maximum absolute atomic E-state index is 11.5. The Morgan fingerprint density at radius 2 is 2.14 bits per heavy atom. The summed E-state index contributed by atoms with van der Waals surface area (Å²) in [7, 11) is 1.88. The summed E-state index contributed by atoms with van der Waals surface area (Å²) in [4.78, 5) is 15.5. The van der Waals surface area contributed by atoms with Crippen LogP contribution in [0.4, 0.5) is 0 Å². The van der Waals surface area contributed by atoms with Gasteiger partial charge in [0.25, 0.3) is 5.91 Å². The van der Waals surface area contributed by atoms with E-state index in [1.807, 2.05) is 31.3 Å². The van der Waals surface area contributed by atoms with Gasteiger partial charge in [-0.05, 0) is 26.1 Å². The molecule has 1 amide bonds. The summed E-state index contributed by atoms with van der Waals surface area (Å²) >= 11 is 0. The lowest BCUT2D eigenvalue weighted by Gasteiger charge is -1.98. The fourth-order valence-electron chi connectivity index (χ4n) is 1.61. The molecule has 0 saturated heterocycles. The normalized spacial score (nSPS) is 14.1. The molecule has 1 heterocycles. The minimum Gasteiger partial charge on any atom is -0.319 e. The molecule has 1 aliphatic heterocycles. The molecule has 0 aliphatic carbocycles. The van der Waals surface area contributed by atoms with Gasteiger partial charge in [-0.2, -0.15) is 0 Å². The molecule has 2 rings (SSSR count). The number of hydrogen-bond acceptors (Lipinski definition) is 2. The van der Waals surface area contributed by atoms with E-state index in [0.29, 0.717) is 0 Å². The van der Waals surface area contributed by atoms with Gasteiger partial charge in [0.1, 0.15) is 0 Å². The van der Waals surface area contributed by atoms with Crippen molar-refractivity contribution in [1.29, 1.82) is 0 Å². The maximum Gasteiger partial charge on any atom is 0.274 e. The highest BCUT2D eigenvalue weighted by Crippen LogP contribution is 2.04. The standard InChI is InChI=1S/C11H12N2O/c1-12-7-6-9-8-4-2-3-5-10(8)13-11(9)14/h2-5,12H,6-7H2,1H3. The van der Waals surface area contributed by atoms with Crippen LogP contribution in [-0.2, 0) is 4.79 Å². The molecule has 0 atom stereocenters. The summed E-state index contributed by atoms with van der Waals surface area (Å²) in [5.74, 6) is -0.0820. The first-order valence-corrected chi connectivity index (χ1v) is 4.69. The average Bonchev–Trinajstić information content (AvgIpc) is 2.51. The van der Waals surface area contributed by atoms with Crippen LogP contribution in [0.25, 0.3) is 5.57 Å². The Balaban J connectivity index is 2.50. The minimum atomic E-state index is -0.0820. The van der Waals surface area contributed by atoms with E-state index in [2.05, 4.69) is 10.3 Å². The lowest BCUT2D eigenvalue weighted by Crippen LogP contribution is -2.23. The van der Waals surface area contributed by atoms with Gasteiger partial charge < -0.3 is 5.32 Å². The highest BCUT2D eigenvalue weighted by Gasteiger charge is 2.14. The van der Waals surface area contributed by atoms with Crippen LogP contribution in [0.15, 0.2) is 29.3 Å². The van der Waals surface area contributed by atoms with Gasteiger partial charge in [0, 0.05) is 10.8 Å². The first-order valence-electron chi connectivity index (χ1n) is 4.69. The summed E-state index contributed by atoms with van der Waals surface area (Å²) < 4.78 is 0. The number of fused-ring (bicyclic) bond motifs is 1. The van der Waals surface area contributed by atoms with E-state index in [1.54, 1.807) is 0 Å². The average molecular weight is 188 g/mol. The zero-order chi connectivity index (χ0) is 9.97. The quantitative estimate of drug-likeness (QED) is 0.701. The largest absolute Gasteiger partial charge is 0.319 e. The van der Waals surface area contributed by atoms with Crippen molar-refractivity contribution < 1.29 is 4.79 Å². The Bertz CT molecular complexity index is 476. The summed E-state index contributed by atoms with van der Waals surface area (Å²) in [6.45, 7) is 0.810. The highest BCUT2D eigenvalue weighted by atomic mass is 16.1. The molecule has 1 aliphatic rings. The van der Waals surface area contributed by atoms with E-state index >= 15 is 0 Å². The predicted octanol–water partition coefficient (Wildman–Crippen LogP) is -0.393. The molecule has 0 radical (unpaired) electrons. The Labute approximate surface area is 82.2 Å². The van der Waals surface area contributed by atoms with E-state index in [-0.39, 0.29) is 5.91 Å². The SMILES string of the molecule is CNCCC1=c2ccccc2=NC1=O. The van der Waals surface area contributed by atoms with Gasteiger partial charge in [-0.15, -0.1) is 0 Å². The van der Waals surface area contributed by atoms with E-state index < -0.39 is 0 Å². The molecule has 0 bridgehead atoms. The molecule has 72 valence electrons. The third kappa shape index (κ3) is 1.46. The van der Waals surface area contributed by atoms with E-state index in [4.69, 9.17) is 0 Å². The predicted molar refractivity (Wildman–Crippen MR) is 54.2 cm³/mol. The Hall–Kier alpha value is -1.48. The summed E-state index contributed by atoms with van der Waals surface area (Å²) in [5.41, 5.74) is 0.829. The van der Waals surface area contributed by atoms with Crippen molar-refractivity contribution in [1.82, 2.24) is 5.32 Å². The number of nitrogens with one attached hydrogen (secondary N) is 1. The molecular formula is C11H12N2O. The molecule has 0 spiro atoms. The van der Waals surface area contributed by atoms with Gasteiger partial charge >= 0.3 is 0 Å². The van der Waals surface area contributed by atoms with Crippen LogP contribution in [0, 0.1) is 0 Å². The van der Waals surface area contributed by atoms with Crippen molar-refractivity contribution in [2.24, 2.45) is 4.99 Å². The molecule has 3 heteroatoms. The van der Waals surface area contributed by atoms with Crippen LogP contribution in [-0.4, -0.2) is 19.5 Å². The number of carbonyl (C=O) groups excluding carboxylic acids is 1. The first-order chi connectivity index (χ1) is 6.83. The zero-order valence-electron chi connectivity index (χ0n) is 8.08. The molecule has 14 heavy (non-hydrogen) atoms. The summed E-state index contributed by atoms with van der Waals surface area (Å²) in [6, 6.07) is 7.66.